The average molecular weight is 380 g/mol. The molecule has 0 spiro atoms. The molecular formula is C20H23F3N2O2. The predicted molar refractivity (Wildman–Crippen MR) is 95.8 cm³/mol. The van der Waals surface area contributed by atoms with Gasteiger partial charge in [-0.2, -0.15) is 13.2 Å². The largest absolute Gasteiger partial charge is 0.430 e. The van der Waals surface area contributed by atoms with Crippen molar-refractivity contribution in [1.29, 1.82) is 0 Å². The van der Waals surface area contributed by atoms with Crippen molar-refractivity contribution in [2.24, 2.45) is 5.41 Å². The van der Waals surface area contributed by atoms with Crippen molar-refractivity contribution >= 4 is 5.91 Å². The Morgan fingerprint density at radius 2 is 1.63 bits per heavy atom. The number of halogens is 3. The quantitative estimate of drug-likeness (QED) is 0.837. The van der Waals surface area contributed by atoms with Gasteiger partial charge in [0.2, 0.25) is 0 Å². The van der Waals surface area contributed by atoms with Crippen LogP contribution in [0.25, 0.3) is 0 Å². The van der Waals surface area contributed by atoms with Gasteiger partial charge in [-0.1, -0.05) is 57.2 Å². The van der Waals surface area contributed by atoms with Crippen LogP contribution < -0.4 is 5.32 Å². The number of hydrogen-bond donors (Lipinski definition) is 1. The Labute approximate surface area is 156 Å². The number of methoxy groups -OCH3 is 1. The molecule has 2 aromatic rings. The maximum Gasteiger partial charge on any atom is 0.430 e. The summed E-state index contributed by atoms with van der Waals surface area (Å²) in [7, 11) is 0.882. The fourth-order valence-electron chi connectivity index (χ4n) is 2.94. The minimum atomic E-state index is -4.96. The Hall–Kier alpha value is -2.41. The number of hydrogen-bond acceptors (Lipinski definition) is 3. The molecule has 1 aromatic carbocycles. The minimum absolute atomic E-state index is 0.286. The molecule has 27 heavy (non-hydrogen) atoms. The summed E-state index contributed by atoms with van der Waals surface area (Å²) in [6.45, 7) is 5.45. The lowest BCUT2D eigenvalue weighted by molar-refractivity contribution is -0.266. The maximum absolute atomic E-state index is 14.1. The molecule has 0 aliphatic heterocycles. The van der Waals surface area contributed by atoms with Crippen LogP contribution in [0.5, 0.6) is 0 Å². The summed E-state index contributed by atoms with van der Waals surface area (Å²) in [4.78, 5) is 17.2. The second kappa shape index (κ2) is 7.68. The van der Waals surface area contributed by atoms with Crippen LogP contribution in [0, 0.1) is 5.41 Å². The van der Waals surface area contributed by atoms with Crippen molar-refractivity contribution in [2.45, 2.75) is 38.6 Å². The molecule has 1 heterocycles. The van der Waals surface area contributed by atoms with E-state index in [1.807, 2.05) is 20.8 Å². The molecule has 146 valence electrons. The van der Waals surface area contributed by atoms with E-state index in [0.29, 0.717) is 5.69 Å². The van der Waals surface area contributed by atoms with Gasteiger partial charge in [-0.25, -0.2) is 0 Å². The molecule has 0 saturated carbocycles. The molecular weight excluding hydrogens is 357 g/mol. The molecule has 1 N–H and O–H groups in total. The van der Waals surface area contributed by atoms with E-state index in [1.54, 1.807) is 24.3 Å². The SMILES string of the molecule is COC(C(=O)N[C@H](c1ccccn1)C(C)(C)C)(c1ccccc1)C(F)(F)F. The molecule has 0 aliphatic rings. The molecule has 7 heteroatoms. The van der Waals surface area contributed by atoms with Crippen LogP contribution in [-0.2, 0) is 15.1 Å². The van der Waals surface area contributed by atoms with Crippen LogP contribution in [0.2, 0.25) is 0 Å². The lowest BCUT2D eigenvalue weighted by Gasteiger charge is -2.37. The summed E-state index contributed by atoms with van der Waals surface area (Å²) in [5.41, 5.74) is -3.51. The van der Waals surface area contributed by atoms with Crippen LogP contribution in [-0.4, -0.2) is 24.2 Å². The summed E-state index contributed by atoms with van der Waals surface area (Å²) in [5.74, 6) is -1.28. The lowest BCUT2D eigenvalue weighted by Crippen LogP contribution is -2.57. The van der Waals surface area contributed by atoms with Gasteiger partial charge in [0.25, 0.3) is 11.5 Å². The van der Waals surface area contributed by atoms with Gasteiger partial charge in [0, 0.05) is 18.9 Å². The minimum Gasteiger partial charge on any atom is -0.356 e. The van der Waals surface area contributed by atoms with Gasteiger partial charge in [0.1, 0.15) is 0 Å². The number of nitrogens with zero attached hydrogens (tertiary/aromatic N) is 1. The van der Waals surface area contributed by atoms with Crippen molar-refractivity contribution in [2.75, 3.05) is 7.11 Å². The number of carbonyl (C=O) groups is 1. The van der Waals surface area contributed by atoms with E-state index in [0.717, 1.165) is 7.11 Å². The molecule has 0 aliphatic carbocycles. The first-order valence-electron chi connectivity index (χ1n) is 8.43. The molecule has 0 radical (unpaired) electrons. The van der Waals surface area contributed by atoms with Gasteiger partial charge in [-0.05, 0) is 17.5 Å². The number of alkyl halides is 3. The summed E-state index contributed by atoms with van der Waals surface area (Å²) in [6.07, 6.45) is -3.43. The van der Waals surface area contributed by atoms with E-state index in [-0.39, 0.29) is 5.56 Å². The number of nitrogens with one attached hydrogen (secondary N) is 1. The zero-order valence-corrected chi connectivity index (χ0v) is 15.7. The van der Waals surface area contributed by atoms with Crippen LogP contribution in [0.15, 0.2) is 54.7 Å². The van der Waals surface area contributed by atoms with E-state index >= 15 is 0 Å². The number of aromatic nitrogens is 1. The second-order valence-electron chi connectivity index (χ2n) is 7.28. The van der Waals surface area contributed by atoms with Gasteiger partial charge in [0.15, 0.2) is 0 Å². The van der Waals surface area contributed by atoms with Gasteiger partial charge < -0.3 is 10.1 Å². The number of carbonyl (C=O) groups excluding carboxylic acids is 1. The Bertz CT molecular complexity index is 758. The molecule has 2 rings (SSSR count). The van der Waals surface area contributed by atoms with Gasteiger partial charge in [-0.15, -0.1) is 0 Å². The van der Waals surface area contributed by atoms with Gasteiger partial charge in [0.05, 0.1) is 11.7 Å². The summed E-state index contributed by atoms with van der Waals surface area (Å²) < 4.78 is 47.0. The second-order valence-corrected chi connectivity index (χ2v) is 7.28. The highest BCUT2D eigenvalue weighted by Crippen LogP contribution is 2.43. The molecule has 1 unspecified atom stereocenters. The Kier molecular flexibility index (Phi) is 5.94. The van der Waals surface area contributed by atoms with E-state index in [9.17, 15) is 18.0 Å². The summed E-state index contributed by atoms with van der Waals surface area (Å²) in [6, 6.07) is 11.2. The van der Waals surface area contributed by atoms with Crippen molar-refractivity contribution in [3.05, 3.63) is 66.0 Å². The van der Waals surface area contributed by atoms with Crippen molar-refractivity contribution in [3.63, 3.8) is 0 Å². The van der Waals surface area contributed by atoms with Gasteiger partial charge in [-0.3, -0.25) is 9.78 Å². The van der Waals surface area contributed by atoms with E-state index in [4.69, 9.17) is 4.74 Å². The van der Waals surface area contributed by atoms with E-state index in [1.165, 1.54) is 30.5 Å². The number of benzene rings is 1. The molecule has 2 atom stereocenters. The van der Waals surface area contributed by atoms with E-state index in [2.05, 4.69) is 10.3 Å². The predicted octanol–water partition coefficient (Wildman–Crippen LogP) is 4.39. The zero-order chi connectivity index (χ0) is 20.3. The fourth-order valence-corrected chi connectivity index (χ4v) is 2.94. The summed E-state index contributed by atoms with van der Waals surface area (Å²) in [5, 5.41) is 2.52. The third-order valence-corrected chi connectivity index (χ3v) is 4.33. The Morgan fingerprint density at radius 3 is 2.07 bits per heavy atom. The Balaban J connectivity index is 2.52. The normalized spacial score (nSPS) is 15.7. The van der Waals surface area contributed by atoms with Crippen LogP contribution >= 0.6 is 0 Å². The Morgan fingerprint density at radius 1 is 1.04 bits per heavy atom. The fraction of sp³-hybridized carbons (Fsp3) is 0.400. The van der Waals surface area contributed by atoms with Crippen LogP contribution in [0.3, 0.4) is 0 Å². The van der Waals surface area contributed by atoms with Gasteiger partial charge >= 0.3 is 6.18 Å². The van der Waals surface area contributed by atoms with Crippen LogP contribution in [0.4, 0.5) is 13.2 Å². The zero-order valence-electron chi connectivity index (χ0n) is 15.7. The van der Waals surface area contributed by atoms with Crippen LogP contribution in [0.1, 0.15) is 38.1 Å². The number of ether oxygens (including phenoxy) is 1. The third kappa shape index (κ3) is 4.13. The highest BCUT2D eigenvalue weighted by molar-refractivity contribution is 5.88. The van der Waals surface area contributed by atoms with E-state index < -0.39 is 29.1 Å². The molecule has 4 nitrogen and oxygen atoms in total. The van der Waals surface area contributed by atoms with Crippen molar-refractivity contribution < 1.29 is 22.7 Å². The first-order chi connectivity index (χ1) is 12.5. The number of amides is 1. The maximum atomic E-state index is 14.1. The number of pyridine rings is 1. The molecule has 0 bridgehead atoms. The first-order valence-corrected chi connectivity index (χ1v) is 8.43. The molecule has 1 aromatic heterocycles. The summed E-state index contributed by atoms with van der Waals surface area (Å²) >= 11 is 0. The topological polar surface area (TPSA) is 51.2 Å². The van der Waals surface area contributed by atoms with Crippen molar-refractivity contribution in [1.82, 2.24) is 10.3 Å². The highest BCUT2D eigenvalue weighted by Gasteiger charge is 2.63. The smallest absolute Gasteiger partial charge is 0.356 e. The number of rotatable bonds is 5. The first kappa shape index (κ1) is 20.9. The van der Waals surface area contributed by atoms with Crippen molar-refractivity contribution in [3.8, 4) is 0 Å². The third-order valence-electron chi connectivity index (χ3n) is 4.33. The molecule has 1 amide bonds. The molecule has 0 fully saturated rings. The highest BCUT2D eigenvalue weighted by atomic mass is 19.4. The lowest BCUT2D eigenvalue weighted by atomic mass is 9.83. The molecule has 0 saturated heterocycles. The average Bonchev–Trinajstić information content (AvgIpc) is 2.60. The monoisotopic (exact) mass is 380 g/mol. The standard InChI is InChI=1S/C20H23F3N2O2/c1-18(2,3)16(15-12-8-9-13-24-15)25-17(26)19(27-4,20(21,22)23)14-10-6-5-7-11-14/h5-13,16H,1-4H3,(H,25,26)/t16-,19?/m1/s1.